The Hall–Kier alpha value is -2.04. The van der Waals surface area contributed by atoms with Crippen LogP contribution in [0.25, 0.3) is 0 Å². The van der Waals surface area contributed by atoms with Gasteiger partial charge in [-0.25, -0.2) is 4.79 Å². The van der Waals surface area contributed by atoms with Gasteiger partial charge in [0.2, 0.25) is 0 Å². The number of hydrogen-bond donors (Lipinski definition) is 0. The Kier molecular flexibility index (Phi) is 4.97. The van der Waals surface area contributed by atoms with E-state index in [2.05, 4.69) is 0 Å². The number of likely N-dealkylation sites (tertiary alicyclic amines) is 1. The number of carbonyl (C=O) groups excluding carboxylic acids is 2. The highest BCUT2D eigenvalue weighted by molar-refractivity contribution is 5.76. The van der Waals surface area contributed by atoms with Crippen molar-refractivity contribution in [3.05, 3.63) is 35.9 Å². The summed E-state index contributed by atoms with van der Waals surface area (Å²) in [6, 6.07) is 9.46. The number of carboxylic acids is 1. The first kappa shape index (κ1) is 17.3. The molecule has 0 unspecified atom stereocenters. The molecule has 5 heteroatoms. The van der Waals surface area contributed by atoms with Crippen LogP contribution in [0.3, 0.4) is 0 Å². The van der Waals surface area contributed by atoms with E-state index < -0.39 is 23.1 Å². The van der Waals surface area contributed by atoms with Crippen LogP contribution in [0, 0.1) is 5.41 Å². The van der Waals surface area contributed by atoms with Gasteiger partial charge in [0.15, 0.2) is 0 Å². The van der Waals surface area contributed by atoms with Crippen LogP contribution in [0.5, 0.6) is 0 Å². The van der Waals surface area contributed by atoms with Crippen LogP contribution in [0.1, 0.15) is 39.2 Å². The first-order valence-electron chi connectivity index (χ1n) is 7.95. The summed E-state index contributed by atoms with van der Waals surface area (Å²) >= 11 is 0. The quantitative estimate of drug-likeness (QED) is 0.854. The minimum absolute atomic E-state index is 0.124. The van der Waals surface area contributed by atoms with E-state index in [0.29, 0.717) is 25.8 Å². The van der Waals surface area contributed by atoms with E-state index in [1.807, 2.05) is 30.3 Å². The molecule has 0 radical (unpaired) electrons. The molecule has 0 aromatic heterocycles. The van der Waals surface area contributed by atoms with Crippen molar-refractivity contribution in [2.45, 2.75) is 45.6 Å². The van der Waals surface area contributed by atoms with Crippen LogP contribution in [-0.2, 0) is 16.0 Å². The van der Waals surface area contributed by atoms with Crippen LogP contribution >= 0.6 is 0 Å². The second-order valence-electron chi connectivity index (χ2n) is 7.24. The molecule has 1 aliphatic rings. The fourth-order valence-electron chi connectivity index (χ4n) is 2.98. The fraction of sp³-hybridized carbons (Fsp3) is 0.556. The van der Waals surface area contributed by atoms with Gasteiger partial charge in [-0.05, 0) is 45.6 Å². The molecule has 1 aromatic rings. The molecular formula is C18H24NO4-. The molecular weight excluding hydrogens is 294 g/mol. The van der Waals surface area contributed by atoms with Gasteiger partial charge in [0.05, 0.1) is 0 Å². The molecule has 1 atom stereocenters. The van der Waals surface area contributed by atoms with E-state index >= 15 is 0 Å². The van der Waals surface area contributed by atoms with Crippen LogP contribution in [0.4, 0.5) is 4.79 Å². The monoisotopic (exact) mass is 318 g/mol. The fourth-order valence-corrected chi connectivity index (χ4v) is 2.98. The number of rotatable bonds is 3. The Balaban J connectivity index is 2.17. The van der Waals surface area contributed by atoms with Crippen molar-refractivity contribution in [2.24, 2.45) is 5.41 Å². The summed E-state index contributed by atoms with van der Waals surface area (Å²) in [5.41, 5.74) is -0.725. The molecule has 5 nitrogen and oxygen atoms in total. The van der Waals surface area contributed by atoms with Gasteiger partial charge < -0.3 is 19.5 Å². The molecule has 2 rings (SSSR count). The molecule has 1 amide bonds. The molecule has 23 heavy (non-hydrogen) atoms. The van der Waals surface area contributed by atoms with Crippen LogP contribution in [0.15, 0.2) is 30.3 Å². The van der Waals surface area contributed by atoms with E-state index in [4.69, 9.17) is 4.74 Å². The highest BCUT2D eigenvalue weighted by atomic mass is 16.6. The summed E-state index contributed by atoms with van der Waals surface area (Å²) in [5, 5.41) is 11.8. The second-order valence-corrected chi connectivity index (χ2v) is 7.24. The Morgan fingerprint density at radius 2 is 1.91 bits per heavy atom. The predicted molar refractivity (Wildman–Crippen MR) is 84.6 cm³/mol. The molecule has 126 valence electrons. The number of piperidine rings is 1. The van der Waals surface area contributed by atoms with E-state index in [-0.39, 0.29) is 6.54 Å². The molecule has 1 aromatic carbocycles. The number of aliphatic carboxylic acids is 1. The van der Waals surface area contributed by atoms with Gasteiger partial charge in [0, 0.05) is 24.5 Å². The zero-order valence-electron chi connectivity index (χ0n) is 14.0. The van der Waals surface area contributed by atoms with Crippen LogP contribution in [-0.4, -0.2) is 35.7 Å². The van der Waals surface area contributed by atoms with Crippen molar-refractivity contribution in [3.63, 3.8) is 0 Å². The van der Waals surface area contributed by atoms with Crippen LogP contribution < -0.4 is 5.11 Å². The van der Waals surface area contributed by atoms with Crippen molar-refractivity contribution in [1.82, 2.24) is 4.90 Å². The van der Waals surface area contributed by atoms with E-state index in [9.17, 15) is 14.7 Å². The second kappa shape index (κ2) is 6.60. The summed E-state index contributed by atoms with van der Waals surface area (Å²) in [5.74, 6) is -1.10. The summed E-state index contributed by atoms with van der Waals surface area (Å²) < 4.78 is 5.37. The number of carboxylic acid groups (broad SMARTS) is 1. The molecule has 0 aliphatic carbocycles. The third kappa shape index (κ3) is 4.47. The molecule has 0 bridgehead atoms. The maximum atomic E-state index is 12.3. The smallest absolute Gasteiger partial charge is 0.410 e. The lowest BCUT2D eigenvalue weighted by Crippen LogP contribution is -2.56. The van der Waals surface area contributed by atoms with Crippen molar-refractivity contribution < 1.29 is 19.4 Å². The maximum absolute atomic E-state index is 12.3. The third-order valence-electron chi connectivity index (χ3n) is 4.05. The molecule has 1 heterocycles. The molecule has 1 aliphatic heterocycles. The summed E-state index contributed by atoms with van der Waals surface area (Å²) in [4.78, 5) is 25.6. The minimum Gasteiger partial charge on any atom is -0.549 e. The lowest BCUT2D eigenvalue weighted by molar-refractivity contribution is -0.321. The van der Waals surface area contributed by atoms with E-state index in [0.717, 1.165) is 5.56 Å². The zero-order chi connectivity index (χ0) is 17.1. The lowest BCUT2D eigenvalue weighted by Gasteiger charge is -2.43. The van der Waals surface area contributed by atoms with Gasteiger partial charge >= 0.3 is 6.09 Å². The largest absolute Gasteiger partial charge is 0.549 e. The summed E-state index contributed by atoms with van der Waals surface area (Å²) in [6.45, 7) is 6.03. The number of ether oxygens (including phenoxy) is 1. The predicted octanol–water partition coefficient (Wildman–Crippen LogP) is 2.00. The minimum atomic E-state index is -1.10. The average Bonchev–Trinajstić information content (AvgIpc) is 2.46. The van der Waals surface area contributed by atoms with Gasteiger partial charge in [0.25, 0.3) is 0 Å². The maximum Gasteiger partial charge on any atom is 0.410 e. The van der Waals surface area contributed by atoms with Crippen LogP contribution in [0.2, 0.25) is 0 Å². The number of benzene rings is 1. The summed E-state index contributed by atoms with van der Waals surface area (Å²) in [7, 11) is 0. The molecule has 0 N–H and O–H groups in total. The van der Waals surface area contributed by atoms with Gasteiger partial charge in [-0.2, -0.15) is 0 Å². The Labute approximate surface area is 137 Å². The van der Waals surface area contributed by atoms with Gasteiger partial charge in [-0.3, -0.25) is 0 Å². The van der Waals surface area contributed by atoms with E-state index in [1.165, 1.54) is 4.90 Å². The Morgan fingerprint density at radius 3 is 2.48 bits per heavy atom. The standard InChI is InChI=1S/C18H25NO4/c1-17(2,3)23-16(22)19-11-7-10-18(13-19,15(20)21)12-14-8-5-4-6-9-14/h4-6,8-9H,7,10-13H2,1-3H3,(H,20,21)/p-1/t18-/m0/s1. The number of nitrogens with zero attached hydrogens (tertiary/aromatic N) is 1. The molecule has 1 fully saturated rings. The average molecular weight is 318 g/mol. The van der Waals surface area contributed by atoms with Gasteiger partial charge in [-0.15, -0.1) is 0 Å². The zero-order valence-corrected chi connectivity index (χ0v) is 14.0. The highest BCUT2D eigenvalue weighted by Crippen LogP contribution is 2.34. The number of amides is 1. The third-order valence-corrected chi connectivity index (χ3v) is 4.05. The normalized spacial score (nSPS) is 21.8. The summed E-state index contributed by atoms with van der Waals surface area (Å²) in [6.07, 6.45) is 1.02. The Morgan fingerprint density at radius 1 is 1.26 bits per heavy atom. The van der Waals surface area contributed by atoms with Crippen molar-refractivity contribution in [3.8, 4) is 0 Å². The topological polar surface area (TPSA) is 69.7 Å². The molecule has 1 saturated heterocycles. The molecule has 0 saturated carbocycles. The first-order chi connectivity index (χ1) is 10.7. The number of carbonyl (C=O) groups is 2. The van der Waals surface area contributed by atoms with Crippen molar-refractivity contribution in [2.75, 3.05) is 13.1 Å². The number of hydrogen-bond acceptors (Lipinski definition) is 4. The first-order valence-corrected chi connectivity index (χ1v) is 7.95. The van der Waals surface area contributed by atoms with Crippen molar-refractivity contribution >= 4 is 12.1 Å². The van der Waals surface area contributed by atoms with Crippen molar-refractivity contribution in [1.29, 1.82) is 0 Å². The SMILES string of the molecule is CC(C)(C)OC(=O)N1CCC[C@@](Cc2ccccc2)(C(=O)[O-])C1. The van der Waals surface area contributed by atoms with Gasteiger partial charge in [-0.1, -0.05) is 30.3 Å². The highest BCUT2D eigenvalue weighted by Gasteiger charge is 2.39. The van der Waals surface area contributed by atoms with Gasteiger partial charge in [0.1, 0.15) is 5.60 Å². The lowest BCUT2D eigenvalue weighted by atomic mass is 9.75. The molecule has 0 spiro atoms. The van der Waals surface area contributed by atoms with E-state index in [1.54, 1.807) is 20.8 Å². The Bertz CT molecular complexity index is 564.